The Bertz CT molecular complexity index is 690. The van der Waals surface area contributed by atoms with Gasteiger partial charge in [0, 0.05) is 37.2 Å². The van der Waals surface area contributed by atoms with Crippen molar-refractivity contribution in [3.8, 4) is 11.5 Å². The maximum Gasteiger partial charge on any atom is 0.317 e. The average Bonchev–Trinajstić information content (AvgIpc) is 3.10. The Kier molecular flexibility index (Phi) is 7.54. The normalized spacial score (nSPS) is 19.1. The monoisotopic (exact) mass is 391 g/mol. The second kappa shape index (κ2) is 9.66. The largest absolute Gasteiger partial charge is 0.497 e. The van der Waals surface area contributed by atoms with Crippen molar-refractivity contribution in [2.75, 3.05) is 33.9 Å². The summed E-state index contributed by atoms with van der Waals surface area (Å²) in [4.78, 5) is 27.2. The summed E-state index contributed by atoms with van der Waals surface area (Å²) in [6, 6.07) is 5.45. The summed E-state index contributed by atoms with van der Waals surface area (Å²) in [5, 5.41) is 5.94. The van der Waals surface area contributed by atoms with Gasteiger partial charge < -0.3 is 25.0 Å². The van der Waals surface area contributed by atoms with E-state index in [1.165, 1.54) is 0 Å². The van der Waals surface area contributed by atoms with E-state index in [1.54, 1.807) is 19.1 Å². The van der Waals surface area contributed by atoms with Crippen molar-refractivity contribution in [1.82, 2.24) is 15.5 Å². The number of amides is 3. The van der Waals surface area contributed by atoms with E-state index in [0.29, 0.717) is 37.1 Å². The van der Waals surface area contributed by atoms with Gasteiger partial charge in [0.15, 0.2) is 0 Å². The predicted molar refractivity (Wildman–Crippen MR) is 109 cm³/mol. The minimum atomic E-state index is -0.349. The van der Waals surface area contributed by atoms with Gasteiger partial charge in [-0.3, -0.25) is 4.79 Å². The van der Waals surface area contributed by atoms with Gasteiger partial charge in [0.05, 0.1) is 20.1 Å². The molecule has 0 bridgehead atoms. The first kappa shape index (κ1) is 21.9. The Labute approximate surface area is 167 Å². The maximum absolute atomic E-state index is 12.9. The third-order valence-electron chi connectivity index (χ3n) is 4.88. The molecule has 2 N–H and O–H groups in total. The van der Waals surface area contributed by atoms with Crippen LogP contribution in [0.4, 0.5) is 4.79 Å². The first-order chi connectivity index (χ1) is 13.3. The number of ether oxygens (including phenoxy) is 2. The van der Waals surface area contributed by atoms with Crippen molar-refractivity contribution in [2.45, 2.75) is 39.7 Å². The molecule has 1 aromatic rings. The van der Waals surface area contributed by atoms with Crippen molar-refractivity contribution in [2.24, 2.45) is 11.8 Å². The smallest absolute Gasteiger partial charge is 0.317 e. The number of benzene rings is 1. The summed E-state index contributed by atoms with van der Waals surface area (Å²) in [6.07, 6.45) is 0. The van der Waals surface area contributed by atoms with Gasteiger partial charge >= 0.3 is 6.03 Å². The standard InChI is InChI=1S/C21H33N3O4/c1-13(2)10-22-20(25)18-12-24(21(26)23-14(3)4)11-17(18)16-9-15(27-5)7-8-19(16)28-6/h7-9,13-14,17-18H,10-12H2,1-6H3,(H,22,25)(H,23,26)/t17-,18+/m0/s1. The van der Waals surface area contributed by atoms with Gasteiger partial charge in [0.1, 0.15) is 11.5 Å². The number of methoxy groups -OCH3 is 2. The van der Waals surface area contributed by atoms with Crippen LogP contribution in [0.2, 0.25) is 0 Å². The molecule has 28 heavy (non-hydrogen) atoms. The molecule has 0 aromatic heterocycles. The molecule has 7 nitrogen and oxygen atoms in total. The molecule has 3 amide bonds. The van der Waals surface area contributed by atoms with Crippen LogP contribution in [0.5, 0.6) is 11.5 Å². The zero-order chi connectivity index (χ0) is 20.8. The molecular weight excluding hydrogens is 358 g/mol. The highest BCUT2D eigenvalue weighted by Crippen LogP contribution is 2.39. The number of nitrogens with zero attached hydrogens (tertiary/aromatic N) is 1. The minimum Gasteiger partial charge on any atom is -0.497 e. The fourth-order valence-corrected chi connectivity index (χ4v) is 3.45. The highest BCUT2D eigenvalue weighted by atomic mass is 16.5. The average molecular weight is 392 g/mol. The lowest BCUT2D eigenvalue weighted by atomic mass is 9.87. The third-order valence-corrected chi connectivity index (χ3v) is 4.88. The number of carbonyl (C=O) groups is 2. The maximum atomic E-state index is 12.9. The molecule has 2 atom stereocenters. The van der Waals surface area contributed by atoms with Gasteiger partial charge in [-0.25, -0.2) is 4.79 Å². The second-order valence-corrected chi connectivity index (χ2v) is 7.97. The van der Waals surface area contributed by atoms with Crippen LogP contribution < -0.4 is 20.1 Å². The van der Waals surface area contributed by atoms with E-state index >= 15 is 0 Å². The van der Waals surface area contributed by atoms with Crippen LogP contribution in [0.15, 0.2) is 18.2 Å². The van der Waals surface area contributed by atoms with Crippen LogP contribution in [0.25, 0.3) is 0 Å². The first-order valence-electron chi connectivity index (χ1n) is 9.81. The highest BCUT2D eigenvalue weighted by Gasteiger charge is 2.41. The Morgan fingerprint density at radius 1 is 1.14 bits per heavy atom. The van der Waals surface area contributed by atoms with Crippen molar-refractivity contribution in [1.29, 1.82) is 0 Å². The zero-order valence-corrected chi connectivity index (χ0v) is 17.7. The summed E-state index contributed by atoms with van der Waals surface area (Å²) < 4.78 is 10.9. The van der Waals surface area contributed by atoms with E-state index in [-0.39, 0.29) is 29.8 Å². The van der Waals surface area contributed by atoms with Gasteiger partial charge in [-0.1, -0.05) is 13.8 Å². The van der Waals surface area contributed by atoms with Crippen LogP contribution in [0, 0.1) is 11.8 Å². The predicted octanol–water partition coefficient (Wildman–Crippen LogP) is 2.61. The molecule has 1 aromatic carbocycles. The molecular formula is C21H33N3O4. The Morgan fingerprint density at radius 3 is 2.43 bits per heavy atom. The molecule has 0 spiro atoms. The summed E-state index contributed by atoms with van der Waals surface area (Å²) in [6.45, 7) is 9.37. The fourth-order valence-electron chi connectivity index (χ4n) is 3.45. The first-order valence-corrected chi connectivity index (χ1v) is 9.81. The van der Waals surface area contributed by atoms with Gasteiger partial charge in [0.2, 0.25) is 5.91 Å². The number of urea groups is 1. The van der Waals surface area contributed by atoms with Crippen LogP contribution in [-0.2, 0) is 4.79 Å². The topological polar surface area (TPSA) is 79.9 Å². The third kappa shape index (κ3) is 5.30. The minimum absolute atomic E-state index is 0.0334. The molecule has 0 aliphatic carbocycles. The summed E-state index contributed by atoms with van der Waals surface area (Å²) in [5.41, 5.74) is 0.881. The molecule has 0 radical (unpaired) electrons. The van der Waals surface area contributed by atoms with E-state index in [0.717, 1.165) is 5.56 Å². The van der Waals surface area contributed by atoms with Crippen molar-refractivity contribution in [3.05, 3.63) is 23.8 Å². The van der Waals surface area contributed by atoms with Crippen LogP contribution in [-0.4, -0.2) is 56.7 Å². The molecule has 1 aliphatic heterocycles. The number of carbonyl (C=O) groups excluding carboxylic acids is 2. The number of likely N-dealkylation sites (tertiary alicyclic amines) is 1. The van der Waals surface area contributed by atoms with Crippen LogP contribution >= 0.6 is 0 Å². The van der Waals surface area contributed by atoms with E-state index in [4.69, 9.17) is 9.47 Å². The van der Waals surface area contributed by atoms with Crippen LogP contribution in [0.3, 0.4) is 0 Å². The summed E-state index contributed by atoms with van der Waals surface area (Å²) >= 11 is 0. The van der Waals surface area contributed by atoms with Gasteiger partial charge in [-0.15, -0.1) is 0 Å². The number of nitrogens with one attached hydrogen (secondary N) is 2. The van der Waals surface area contributed by atoms with Gasteiger partial charge in [-0.2, -0.15) is 0 Å². The number of hydrogen-bond acceptors (Lipinski definition) is 4. The lowest BCUT2D eigenvalue weighted by molar-refractivity contribution is -0.125. The van der Waals surface area contributed by atoms with E-state index < -0.39 is 0 Å². The molecule has 1 aliphatic rings. The quantitative estimate of drug-likeness (QED) is 0.749. The molecule has 2 rings (SSSR count). The lowest BCUT2D eigenvalue weighted by Crippen LogP contribution is -2.42. The molecule has 1 saturated heterocycles. The fraction of sp³-hybridized carbons (Fsp3) is 0.619. The SMILES string of the molecule is COc1ccc(OC)c([C@@H]2CN(C(=O)NC(C)C)C[C@H]2C(=O)NCC(C)C)c1. The van der Waals surface area contributed by atoms with E-state index in [9.17, 15) is 9.59 Å². The highest BCUT2D eigenvalue weighted by molar-refractivity contribution is 5.83. The summed E-state index contributed by atoms with van der Waals surface area (Å²) in [7, 11) is 3.22. The Hall–Kier alpha value is -2.44. The molecule has 156 valence electrons. The lowest BCUT2D eigenvalue weighted by Gasteiger charge is -2.21. The molecule has 0 unspecified atom stereocenters. The number of hydrogen-bond donors (Lipinski definition) is 2. The van der Waals surface area contributed by atoms with Gasteiger partial charge in [0.25, 0.3) is 0 Å². The molecule has 7 heteroatoms. The summed E-state index contributed by atoms with van der Waals surface area (Å²) in [5.74, 6) is 1.19. The molecule has 1 fully saturated rings. The second-order valence-electron chi connectivity index (χ2n) is 7.97. The van der Waals surface area contributed by atoms with Gasteiger partial charge in [-0.05, 0) is 38.0 Å². The Balaban J connectivity index is 2.33. The Morgan fingerprint density at radius 2 is 1.86 bits per heavy atom. The van der Waals surface area contributed by atoms with Crippen LogP contribution in [0.1, 0.15) is 39.2 Å². The van der Waals surface area contributed by atoms with Crippen molar-refractivity contribution < 1.29 is 19.1 Å². The van der Waals surface area contributed by atoms with E-state index in [1.807, 2.05) is 32.0 Å². The number of rotatable bonds is 7. The zero-order valence-electron chi connectivity index (χ0n) is 17.7. The van der Waals surface area contributed by atoms with Crippen molar-refractivity contribution in [3.63, 3.8) is 0 Å². The van der Waals surface area contributed by atoms with E-state index in [2.05, 4.69) is 24.5 Å². The molecule has 0 saturated carbocycles. The molecule has 1 heterocycles. The van der Waals surface area contributed by atoms with Crippen molar-refractivity contribution >= 4 is 11.9 Å².